The fourth-order valence-electron chi connectivity index (χ4n) is 4.19. The summed E-state index contributed by atoms with van der Waals surface area (Å²) in [5, 5.41) is 4.93. The fraction of sp³-hybridized carbons (Fsp3) is 0.630. The van der Waals surface area contributed by atoms with Crippen LogP contribution in [0.5, 0.6) is 5.75 Å². The summed E-state index contributed by atoms with van der Waals surface area (Å²) >= 11 is 0. The second-order valence-corrected chi connectivity index (χ2v) is 11.3. The molecule has 4 bridgehead atoms. The number of hydrogen-bond acceptors (Lipinski definition) is 11. The van der Waals surface area contributed by atoms with Crippen LogP contribution in [-0.2, 0) is 59.8 Å². The maximum Gasteiger partial charge on any atom is 0.472 e. The Kier molecular flexibility index (Phi) is 13.7. The number of carbonyl (C=O) groups is 4. The number of carbonyl (C=O) groups excluding carboxylic acids is 4. The predicted molar refractivity (Wildman–Crippen MR) is 146 cm³/mol. The van der Waals surface area contributed by atoms with E-state index in [2.05, 4.69) is 17.6 Å². The third kappa shape index (κ3) is 12.1. The van der Waals surface area contributed by atoms with Crippen molar-refractivity contribution in [1.82, 2.24) is 10.6 Å². The zero-order chi connectivity index (χ0) is 30.4. The summed E-state index contributed by atoms with van der Waals surface area (Å²) in [4.78, 5) is 61.5. The average molecular weight is 615 g/mol. The first-order valence-corrected chi connectivity index (χ1v) is 15.5. The lowest BCUT2D eigenvalue weighted by molar-refractivity contribution is -0.152. The Morgan fingerprint density at radius 1 is 0.810 bits per heavy atom. The molecule has 1 aromatic carbocycles. The molecule has 3 atom stereocenters. The van der Waals surface area contributed by atoms with Crippen LogP contribution in [0.25, 0.3) is 0 Å². The van der Waals surface area contributed by atoms with E-state index in [1.165, 1.54) is 0 Å². The second-order valence-electron chi connectivity index (χ2n) is 9.85. The van der Waals surface area contributed by atoms with Crippen LogP contribution in [0.1, 0.15) is 50.2 Å². The molecule has 0 aliphatic carbocycles. The fourth-order valence-corrected chi connectivity index (χ4v) is 4.94. The highest BCUT2D eigenvalue weighted by Gasteiger charge is 2.32. The first-order valence-electron chi connectivity index (χ1n) is 14.0. The lowest BCUT2D eigenvalue weighted by Crippen LogP contribution is -2.47. The van der Waals surface area contributed by atoms with Crippen molar-refractivity contribution in [1.29, 1.82) is 0 Å². The third-order valence-electron chi connectivity index (χ3n) is 6.26. The van der Waals surface area contributed by atoms with Gasteiger partial charge in [-0.1, -0.05) is 38.7 Å². The van der Waals surface area contributed by atoms with E-state index in [1.807, 2.05) is 0 Å². The Balaban J connectivity index is 1.90. The van der Waals surface area contributed by atoms with E-state index in [4.69, 9.17) is 28.0 Å². The van der Waals surface area contributed by atoms with E-state index in [1.54, 1.807) is 18.2 Å². The Bertz CT molecular complexity index is 1060. The van der Waals surface area contributed by atoms with Gasteiger partial charge in [-0.2, -0.15) is 0 Å². The maximum atomic E-state index is 13.0. The molecule has 2 aliphatic heterocycles. The summed E-state index contributed by atoms with van der Waals surface area (Å²) in [7, 11) is -4.85. The number of benzene rings is 1. The molecule has 15 heteroatoms. The van der Waals surface area contributed by atoms with Gasteiger partial charge in [-0.25, -0.2) is 14.2 Å². The number of nitrogens with one attached hydrogen (secondary N) is 2. The van der Waals surface area contributed by atoms with Crippen LogP contribution in [0.3, 0.4) is 0 Å². The molecule has 1 aromatic rings. The lowest BCUT2D eigenvalue weighted by atomic mass is 10.0. The molecule has 1 saturated heterocycles. The van der Waals surface area contributed by atoms with Crippen molar-refractivity contribution in [3.05, 3.63) is 29.3 Å². The first-order chi connectivity index (χ1) is 20.1. The Morgan fingerprint density at radius 3 is 1.86 bits per heavy atom. The molecule has 2 amide bonds. The predicted octanol–water partition coefficient (Wildman–Crippen LogP) is 1.35. The summed E-state index contributed by atoms with van der Waals surface area (Å²) in [6.07, 6.45) is 4.80. The molecule has 0 spiro atoms. The van der Waals surface area contributed by atoms with Crippen LogP contribution >= 0.6 is 7.82 Å². The zero-order valence-electron chi connectivity index (χ0n) is 23.7. The number of unbranched alkanes of at least 4 members (excludes halogenated alkanes) is 4. The van der Waals surface area contributed by atoms with E-state index in [-0.39, 0.29) is 39.3 Å². The Morgan fingerprint density at radius 2 is 1.33 bits per heavy atom. The Hall–Kier alpha value is -3.03. The molecule has 3 rings (SSSR count). The SMILES string of the molecule is CCCCCCCOc1cc2cc(c1)CC(=O)N[C@@H]1COP(=O)(O)OC[C@H](NC(=O)C2)C(=O)OCCOCCOC1=O. The molecular formula is C27H39N2O12P. The van der Waals surface area contributed by atoms with Gasteiger partial charge in [-0.05, 0) is 29.7 Å². The van der Waals surface area contributed by atoms with Gasteiger partial charge in [0.05, 0.1) is 45.9 Å². The molecule has 0 aromatic heterocycles. The van der Waals surface area contributed by atoms with Crippen LogP contribution in [0, 0.1) is 0 Å². The minimum absolute atomic E-state index is 0.0409. The zero-order valence-corrected chi connectivity index (χ0v) is 24.6. The standard InChI is InChI=1S/C27H39N2O12P/c1-2-3-4-5-6-7-37-21-13-19-12-20(14-21)16-25(31)29-23-18-41-42(34,35)40-17-22(28-24(30)15-19)26(32)38-10-8-36-9-11-39-27(23)33/h12-14,22-23H,2-11,15-18H2,1H3,(H,28,30)(H,29,31)(H,34,35)/t22-,23+. The summed E-state index contributed by atoms with van der Waals surface area (Å²) in [6.45, 7) is 0.558. The van der Waals surface area contributed by atoms with Gasteiger partial charge in [0, 0.05) is 0 Å². The van der Waals surface area contributed by atoms with Gasteiger partial charge in [0.2, 0.25) is 11.8 Å². The average Bonchev–Trinajstić information content (AvgIpc) is 2.93. The van der Waals surface area contributed by atoms with Crippen molar-refractivity contribution in [2.24, 2.45) is 0 Å². The number of phosphoric ester groups is 1. The largest absolute Gasteiger partial charge is 0.494 e. The van der Waals surface area contributed by atoms with E-state index < -0.39 is 56.9 Å². The van der Waals surface area contributed by atoms with E-state index >= 15 is 0 Å². The van der Waals surface area contributed by atoms with Crippen molar-refractivity contribution in [2.75, 3.05) is 46.2 Å². The molecule has 1 fully saturated rings. The topological polar surface area (TPSA) is 185 Å². The molecule has 14 nitrogen and oxygen atoms in total. The molecule has 3 N–H and O–H groups in total. The smallest absolute Gasteiger partial charge is 0.472 e. The van der Waals surface area contributed by atoms with E-state index in [0.29, 0.717) is 23.5 Å². The van der Waals surface area contributed by atoms with Crippen LogP contribution in [0.15, 0.2) is 18.2 Å². The monoisotopic (exact) mass is 614 g/mol. The number of rotatable bonds is 7. The highest BCUT2D eigenvalue weighted by atomic mass is 31.2. The summed E-state index contributed by atoms with van der Waals surface area (Å²) in [5.41, 5.74) is 0.989. The third-order valence-corrected chi connectivity index (χ3v) is 7.21. The van der Waals surface area contributed by atoms with Crippen LogP contribution in [-0.4, -0.2) is 87.0 Å². The molecule has 42 heavy (non-hydrogen) atoms. The molecule has 0 radical (unpaired) electrons. The summed E-state index contributed by atoms with van der Waals surface area (Å²) < 4.78 is 43.8. The van der Waals surface area contributed by atoms with Crippen LogP contribution in [0.2, 0.25) is 0 Å². The van der Waals surface area contributed by atoms with Gasteiger partial charge < -0.3 is 34.5 Å². The van der Waals surface area contributed by atoms with Gasteiger partial charge in [0.15, 0.2) is 12.1 Å². The number of ether oxygens (including phenoxy) is 4. The molecule has 234 valence electrons. The van der Waals surface area contributed by atoms with Crippen molar-refractivity contribution < 1.29 is 56.6 Å². The van der Waals surface area contributed by atoms with E-state index in [9.17, 15) is 28.6 Å². The van der Waals surface area contributed by atoms with Crippen LogP contribution < -0.4 is 15.4 Å². The molecular weight excluding hydrogens is 575 g/mol. The van der Waals surface area contributed by atoms with Gasteiger partial charge >= 0.3 is 19.8 Å². The first kappa shape index (κ1) is 33.5. The molecule has 2 heterocycles. The minimum atomic E-state index is -4.85. The van der Waals surface area contributed by atoms with Crippen LogP contribution in [0.4, 0.5) is 0 Å². The molecule has 2 aliphatic rings. The number of amides is 2. The van der Waals surface area contributed by atoms with Gasteiger partial charge in [-0.15, -0.1) is 0 Å². The highest BCUT2D eigenvalue weighted by Crippen LogP contribution is 2.43. The summed E-state index contributed by atoms with van der Waals surface area (Å²) in [5.74, 6) is -2.60. The molecule has 1 unspecified atom stereocenters. The summed E-state index contributed by atoms with van der Waals surface area (Å²) in [6, 6.07) is 2.07. The number of cyclic esters (lactones) is 2. The van der Waals surface area contributed by atoms with Gasteiger partial charge in [0.1, 0.15) is 19.0 Å². The number of fused-ring (bicyclic) bond motifs is 8. The molecule has 0 saturated carbocycles. The number of hydrogen-bond donors (Lipinski definition) is 3. The van der Waals surface area contributed by atoms with Crippen molar-refractivity contribution in [3.63, 3.8) is 0 Å². The second kappa shape index (κ2) is 17.2. The van der Waals surface area contributed by atoms with Crippen molar-refractivity contribution >= 4 is 31.6 Å². The minimum Gasteiger partial charge on any atom is -0.494 e. The van der Waals surface area contributed by atoms with Gasteiger partial charge in [0.25, 0.3) is 0 Å². The highest BCUT2D eigenvalue weighted by molar-refractivity contribution is 7.47. The normalized spacial score (nSPS) is 25.1. The Labute approximate surface area is 244 Å². The quantitative estimate of drug-likeness (QED) is 0.228. The number of phosphoric acid groups is 1. The van der Waals surface area contributed by atoms with Crippen molar-refractivity contribution in [3.8, 4) is 5.75 Å². The van der Waals surface area contributed by atoms with E-state index in [0.717, 1.165) is 32.1 Å². The lowest BCUT2D eigenvalue weighted by Gasteiger charge is -2.22. The van der Waals surface area contributed by atoms with Gasteiger partial charge in [-0.3, -0.25) is 18.6 Å². The number of esters is 2. The maximum absolute atomic E-state index is 13.0. The van der Waals surface area contributed by atoms with Crippen molar-refractivity contribution in [2.45, 2.75) is 64.0 Å².